The van der Waals surface area contributed by atoms with E-state index >= 15 is 0 Å². The van der Waals surface area contributed by atoms with Gasteiger partial charge >= 0.3 is 0 Å². The molecule has 7 nitrogen and oxygen atoms in total. The van der Waals surface area contributed by atoms with Gasteiger partial charge in [0.25, 0.3) is 0 Å². The van der Waals surface area contributed by atoms with Gasteiger partial charge in [0.1, 0.15) is 4.90 Å². The molecule has 24 heavy (non-hydrogen) atoms. The molecule has 1 aliphatic rings. The third-order valence-electron chi connectivity index (χ3n) is 4.12. The molecule has 2 heterocycles. The summed E-state index contributed by atoms with van der Waals surface area (Å²) in [5.74, 6) is -0.257. The van der Waals surface area contributed by atoms with Gasteiger partial charge in [-0.1, -0.05) is 18.2 Å². The summed E-state index contributed by atoms with van der Waals surface area (Å²) in [6.45, 7) is -0.528. The van der Waals surface area contributed by atoms with E-state index in [-0.39, 0.29) is 36.0 Å². The zero-order chi connectivity index (χ0) is 17.4. The molecule has 3 rings (SSSR count). The number of sulfone groups is 1. The van der Waals surface area contributed by atoms with E-state index in [9.17, 15) is 21.9 Å². The fourth-order valence-electron chi connectivity index (χ4n) is 3.01. The summed E-state index contributed by atoms with van der Waals surface area (Å²) in [7, 11) is -7.22. The van der Waals surface area contributed by atoms with Gasteiger partial charge < -0.3 is 5.11 Å². The Morgan fingerprint density at radius 3 is 2.67 bits per heavy atom. The van der Waals surface area contributed by atoms with Crippen molar-refractivity contribution in [3.63, 3.8) is 0 Å². The SMILES string of the molecule is O=S1(=O)CC[C@H](N(CCO)S(=O)(=O)c2cccc3cccnc23)C1. The van der Waals surface area contributed by atoms with Gasteiger partial charge in [-0.25, -0.2) is 16.8 Å². The summed E-state index contributed by atoms with van der Waals surface area (Å²) < 4.78 is 50.8. The number of rotatable bonds is 5. The lowest BCUT2D eigenvalue weighted by atomic mass is 10.2. The van der Waals surface area contributed by atoms with Gasteiger partial charge in [0, 0.05) is 24.2 Å². The van der Waals surface area contributed by atoms with E-state index < -0.39 is 25.9 Å². The minimum absolute atomic E-state index is 0.0262. The molecular formula is C15H18N2O5S2. The van der Waals surface area contributed by atoms with Crippen LogP contribution in [0.15, 0.2) is 41.4 Å². The Balaban J connectivity index is 2.09. The fraction of sp³-hybridized carbons (Fsp3) is 0.400. The third kappa shape index (κ3) is 3.16. The van der Waals surface area contributed by atoms with E-state index in [1.807, 2.05) is 0 Å². The number of aliphatic hydroxyl groups excluding tert-OH is 1. The summed E-state index contributed by atoms with van der Waals surface area (Å²) in [6.07, 6.45) is 1.75. The maximum absolute atomic E-state index is 13.1. The largest absolute Gasteiger partial charge is 0.395 e. The molecule has 1 aliphatic heterocycles. The number of hydrogen-bond acceptors (Lipinski definition) is 6. The Kier molecular flexibility index (Phi) is 4.60. The van der Waals surface area contributed by atoms with Gasteiger partial charge in [0.2, 0.25) is 10.0 Å². The van der Waals surface area contributed by atoms with Gasteiger partial charge in [0.05, 0.1) is 23.6 Å². The summed E-state index contributed by atoms with van der Waals surface area (Å²) in [6, 6.07) is 7.66. The highest BCUT2D eigenvalue weighted by Crippen LogP contribution is 2.28. The van der Waals surface area contributed by atoms with E-state index in [2.05, 4.69) is 4.98 Å². The monoisotopic (exact) mass is 370 g/mol. The van der Waals surface area contributed by atoms with Crippen molar-refractivity contribution in [2.75, 3.05) is 24.7 Å². The van der Waals surface area contributed by atoms with Crippen molar-refractivity contribution in [2.45, 2.75) is 17.4 Å². The lowest BCUT2D eigenvalue weighted by Gasteiger charge is -2.27. The molecule has 0 bridgehead atoms. The van der Waals surface area contributed by atoms with Crippen LogP contribution in [0.25, 0.3) is 10.9 Å². The first-order chi connectivity index (χ1) is 11.3. The van der Waals surface area contributed by atoms with Crippen molar-refractivity contribution in [1.82, 2.24) is 9.29 Å². The van der Waals surface area contributed by atoms with Crippen LogP contribution in [-0.4, -0.2) is 61.9 Å². The number of sulfonamides is 1. The maximum atomic E-state index is 13.1. The van der Waals surface area contributed by atoms with Crippen molar-refractivity contribution >= 4 is 30.8 Å². The van der Waals surface area contributed by atoms with Gasteiger partial charge in [-0.05, 0) is 18.6 Å². The molecule has 0 amide bonds. The molecule has 0 spiro atoms. The molecule has 1 aromatic heterocycles. The van der Waals surface area contributed by atoms with E-state index in [4.69, 9.17) is 0 Å². The van der Waals surface area contributed by atoms with Crippen molar-refractivity contribution in [1.29, 1.82) is 0 Å². The second kappa shape index (κ2) is 6.40. The Hall–Kier alpha value is -1.55. The van der Waals surface area contributed by atoms with Crippen molar-refractivity contribution in [3.05, 3.63) is 36.5 Å². The lowest BCUT2D eigenvalue weighted by molar-refractivity contribution is 0.232. The zero-order valence-electron chi connectivity index (χ0n) is 12.9. The van der Waals surface area contributed by atoms with Crippen molar-refractivity contribution in [2.24, 2.45) is 0 Å². The summed E-state index contributed by atoms with van der Waals surface area (Å²) in [5.41, 5.74) is 0.337. The second-order valence-corrected chi connectivity index (χ2v) is 9.82. The highest BCUT2D eigenvalue weighted by Gasteiger charge is 2.39. The third-order valence-corrected chi connectivity index (χ3v) is 7.85. The number of benzene rings is 1. The predicted molar refractivity (Wildman–Crippen MR) is 89.8 cm³/mol. The molecule has 1 aromatic carbocycles. The van der Waals surface area contributed by atoms with Crippen LogP contribution in [0.1, 0.15) is 6.42 Å². The van der Waals surface area contributed by atoms with E-state index in [1.54, 1.807) is 24.3 Å². The Morgan fingerprint density at radius 2 is 2.00 bits per heavy atom. The molecule has 9 heteroatoms. The highest BCUT2D eigenvalue weighted by molar-refractivity contribution is 7.92. The van der Waals surface area contributed by atoms with Gasteiger partial charge in [0.15, 0.2) is 9.84 Å². The number of nitrogens with zero attached hydrogens (tertiary/aromatic N) is 2. The van der Waals surface area contributed by atoms with E-state index in [1.165, 1.54) is 12.3 Å². The first kappa shape index (κ1) is 17.3. The second-order valence-electron chi connectivity index (χ2n) is 5.73. The normalized spacial score (nSPS) is 20.7. The summed E-state index contributed by atoms with van der Waals surface area (Å²) in [4.78, 5) is 4.18. The molecule has 2 aromatic rings. The van der Waals surface area contributed by atoms with Crippen LogP contribution < -0.4 is 0 Å². The maximum Gasteiger partial charge on any atom is 0.245 e. The molecule has 1 atom stereocenters. The molecule has 0 radical (unpaired) electrons. The quantitative estimate of drug-likeness (QED) is 0.817. The van der Waals surface area contributed by atoms with Crippen LogP contribution in [0.5, 0.6) is 0 Å². The molecule has 1 N–H and O–H groups in total. The standard InChI is InChI=1S/C15H18N2O5S2/c18-9-8-17(13-6-10-23(19,20)11-13)24(21,22)14-5-1-3-12-4-2-7-16-15(12)14/h1-5,7,13,18H,6,8-11H2/t13-/m0/s1. The number of aromatic nitrogens is 1. The van der Waals surface area contributed by atoms with E-state index in [0.29, 0.717) is 10.9 Å². The van der Waals surface area contributed by atoms with Crippen LogP contribution in [0, 0.1) is 0 Å². The van der Waals surface area contributed by atoms with Crippen LogP contribution in [0.4, 0.5) is 0 Å². The van der Waals surface area contributed by atoms with Crippen LogP contribution in [0.3, 0.4) is 0 Å². The molecular weight excluding hydrogens is 352 g/mol. The zero-order valence-corrected chi connectivity index (χ0v) is 14.5. The molecule has 1 fully saturated rings. The predicted octanol–water partition coefficient (Wildman–Crippen LogP) is 0.405. The smallest absolute Gasteiger partial charge is 0.245 e. The number of aliphatic hydroxyl groups is 1. The molecule has 0 aliphatic carbocycles. The van der Waals surface area contributed by atoms with Crippen LogP contribution in [0.2, 0.25) is 0 Å². The summed E-state index contributed by atoms with van der Waals surface area (Å²) >= 11 is 0. The fourth-order valence-corrected chi connectivity index (χ4v) is 6.65. The van der Waals surface area contributed by atoms with Crippen LogP contribution >= 0.6 is 0 Å². The number of hydrogen-bond donors (Lipinski definition) is 1. The minimum atomic E-state index is -3.98. The van der Waals surface area contributed by atoms with Crippen molar-refractivity contribution in [3.8, 4) is 0 Å². The topological polar surface area (TPSA) is 105 Å². The highest BCUT2D eigenvalue weighted by atomic mass is 32.2. The Bertz CT molecular complexity index is 951. The van der Waals surface area contributed by atoms with Crippen LogP contribution in [-0.2, 0) is 19.9 Å². The average molecular weight is 370 g/mol. The minimum Gasteiger partial charge on any atom is -0.395 e. The Labute approximate surface area is 140 Å². The van der Waals surface area contributed by atoms with Gasteiger partial charge in [-0.3, -0.25) is 4.98 Å². The van der Waals surface area contributed by atoms with Gasteiger partial charge in [-0.15, -0.1) is 0 Å². The Morgan fingerprint density at radius 1 is 1.25 bits per heavy atom. The summed E-state index contributed by atoms with van der Waals surface area (Å²) in [5, 5.41) is 9.96. The first-order valence-electron chi connectivity index (χ1n) is 7.52. The molecule has 0 saturated carbocycles. The average Bonchev–Trinajstić information content (AvgIpc) is 2.91. The van der Waals surface area contributed by atoms with Crippen molar-refractivity contribution < 1.29 is 21.9 Å². The lowest BCUT2D eigenvalue weighted by Crippen LogP contribution is -2.42. The number of fused-ring (bicyclic) bond motifs is 1. The number of para-hydroxylation sites is 1. The van der Waals surface area contributed by atoms with E-state index in [0.717, 1.165) is 4.31 Å². The number of pyridine rings is 1. The molecule has 130 valence electrons. The molecule has 0 unspecified atom stereocenters. The first-order valence-corrected chi connectivity index (χ1v) is 10.8. The molecule has 1 saturated heterocycles. The van der Waals surface area contributed by atoms with Gasteiger partial charge in [-0.2, -0.15) is 4.31 Å².